The van der Waals surface area contributed by atoms with E-state index in [0.717, 1.165) is 43.4 Å². The monoisotopic (exact) mass is 578 g/mol. The fraction of sp³-hybridized carbons (Fsp3) is 0.312. The molecule has 218 valence electrons. The van der Waals surface area contributed by atoms with Crippen LogP contribution in [0.3, 0.4) is 0 Å². The van der Waals surface area contributed by atoms with Crippen LogP contribution in [0.5, 0.6) is 5.75 Å². The lowest BCUT2D eigenvalue weighted by Gasteiger charge is -2.20. The molecule has 0 spiro atoms. The van der Waals surface area contributed by atoms with Crippen LogP contribution in [0.2, 0.25) is 0 Å². The Morgan fingerprint density at radius 1 is 1.02 bits per heavy atom. The summed E-state index contributed by atoms with van der Waals surface area (Å²) in [4.78, 5) is 13.7. The van der Waals surface area contributed by atoms with Crippen molar-refractivity contribution in [2.24, 2.45) is 5.92 Å². The van der Waals surface area contributed by atoms with Gasteiger partial charge >= 0.3 is 6.61 Å². The molecule has 1 unspecified atom stereocenters. The van der Waals surface area contributed by atoms with Crippen molar-refractivity contribution in [3.8, 4) is 16.9 Å². The largest absolute Gasteiger partial charge is 0.434 e. The van der Waals surface area contributed by atoms with Gasteiger partial charge in [0.25, 0.3) is 5.91 Å². The molecule has 0 saturated heterocycles. The molecule has 0 aliphatic heterocycles. The maximum absolute atomic E-state index is 14.0. The van der Waals surface area contributed by atoms with Gasteiger partial charge in [-0.3, -0.25) is 10.2 Å². The summed E-state index contributed by atoms with van der Waals surface area (Å²) in [5.41, 5.74) is 3.13. The lowest BCUT2D eigenvalue weighted by atomic mass is 9.97. The average Bonchev–Trinajstić information content (AvgIpc) is 3.88. The number of aromatic nitrogens is 2. The number of carbonyl (C=O) groups is 1. The molecular formula is C32H30F4N4O2. The maximum Gasteiger partial charge on any atom is 0.387 e. The van der Waals surface area contributed by atoms with Gasteiger partial charge in [0.2, 0.25) is 5.62 Å². The summed E-state index contributed by atoms with van der Waals surface area (Å²) in [6.07, 6.45) is 7.56. The number of alkyl halides is 2. The van der Waals surface area contributed by atoms with Crippen LogP contribution in [0.15, 0.2) is 67.0 Å². The van der Waals surface area contributed by atoms with Crippen molar-refractivity contribution in [2.75, 3.05) is 0 Å². The quantitative estimate of drug-likeness (QED) is 0.201. The highest BCUT2D eigenvalue weighted by Gasteiger charge is 2.34. The number of ether oxygens (including phenoxy) is 1. The van der Waals surface area contributed by atoms with Gasteiger partial charge in [0.1, 0.15) is 17.4 Å². The van der Waals surface area contributed by atoms with Gasteiger partial charge in [0.05, 0.1) is 12.6 Å². The summed E-state index contributed by atoms with van der Waals surface area (Å²) >= 11 is 0. The molecule has 42 heavy (non-hydrogen) atoms. The summed E-state index contributed by atoms with van der Waals surface area (Å²) < 4.78 is 62.7. The van der Waals surface area contributed by atoms with E-state index in [1.165, 1.54) is 12.1 Å². The Hall–Kier alpha value is -4.34. The van der Waals surface area contributed by atoms with Gasteiger partial charge in [0.15, 0.2) is 0 Å². The van der Waals surface area contributed by atoms with Gasteiger partial charge in [-0.25, -0.2) is 8.78 Å². The lowest BCUT2D eigenvalue weighted by Crippen LogP contribution is -2.30. The van der Waals surface area contributed by atoms with E-state index in [9.17, 15) is 22.4 Å². The van der Waals surface area contributed by atoms with Gasteiger partial charge in [-0.2, -0.15) is 8.78 Å². The first-order valence-electron chi connectivity index (χ1n) is 13.9. The van der Waals surface area contributed by atoms with E-state index in [-0.39, 0.29) is 47.1 Å². The summed E-state index contributed by atoms with van der Waals surface area (Å²) in [7, 11) is 0. The summed E-state index contributed by atoms with van der Waals surface area (Å²) in [6.45, 7) is -1.24. The molecule has 1 atom stereocenters. The van der Waals surface area contributed by atoms with Crippen LogP contribution < -0.4 is 15.7 Å². The number of amides is 1. The number of halogens is 4. The van der Waals surface area contributed by atoms with E-state index in [1.54, 1.807) is 48.0 Å². The predicted molar refractivity (Wildman–Crippen MR) is 148 cm³/mol. The molecule has 6 rings (SSSR count). The molecule has 6 nitrogen and oxygen atoms in total. The first-order valence-corrected chi connectivity index (χ1v) is 13.9. The standard InChI is InChI=1S/C32H30F4N4O2/c1-18-12-21(4-9-27(18)34)29(20-2-3-20)38-30(41)23-14-19(17-39-10-11-40(32(39)37)25-6-7-25)13-22(15-23)26-8-5-24(33)16-28(26)42-31(35)36/h4-5,8-16,20,25,29,31,37H,2-3,6-7,17H2,1H3,(H,38,41). The molecule has 1 heterocycles. The number of nitrogens with zero attached hydrogens (tertiary/aromatic N) is 2. The third-order valence-electron chi connectivity index (χ3n) is 7.86. The highest BCUT2D eigenvalue weighted by Crippen LogP contribution is 2.42. The molecule has 0 radical (unpaired) electrons. The van der Waals surface area contributed by atoms with Crippen LogP contribution >= 0.6 is 0 Å². The molecule has 0 bridgehead atoms. The van der Waals surface area contributed by atoms with Crippen LogP contribution in [0.1, 0.15) is 64.8 Å². The van der Waals surface area contributed by atoms with Crippen LogP contribution in [-0.4, -0.2) is 21.7 Å². The molecule has 2 saturated carbocycles. The summed E-state index contributed by atoms with van der Waals surface area (Å²) in [6, 6.07) is 13.2. The molecule has 10 heteroatoms. The van der Waals surface area contributed by atoms with E-state index in [1.807, 2.05) is 10.8 Å². The molecular weight excluding hydrogens is 548 g/mol. The lowest BCUT2D eigenvalue weighted by molar-refractivity contribution is -0.0496. The first kappa shape index (κ1) is 27.8. The van der Waals surface area contributed by atoms with Gasteiger partial charge in [-0.1, -0.05) is 12.1 Å². The van der Waals surface area contributed by atoms with E-state index in [4.69, 9.17) is 5.41 Å². The molecule has 2 N–H and O–H groups in total. The molecule has 1 amide bonds. The minimum atomic E-state index is -3.17. The van der Waals surface area contributed by atoms with Crippen LogP contribution in [0.4, 0.5) is 17.6 Å². The van der Waals surface area contributed by atoms with Crippen molar-refractivity contribution in [3.63, 3.8) is 0 Å². The number of imidazole rings is 1. The van der Waals surface area contributed by atoms with E-state index in [0.29, 0.717) is 28.4 Å². The van der Waals surface area contributed by atoms with E-state index in [2.05, 4.69) is 10.1 Å². The second kappa shape index (κ2) is 11.2. The number of carbonyl (C=O) groups excluding carboxylic acids is 1. The van der Waals surface area contributed by atoms with Crippen LogP contribution in [-0.2, 0) is 6.54 Å². The number of rotatable bonds is 10. The maximum atomic E-state index is 14.0. The van der Waals surface area contributed by atoms with E-state index >= 15 is 0 Å². The molecule has 1 aromatic heterocycles. The van der Waals surface area contributed by atoms with Crippen molar-refractivity contribution in [1.82, 2.24) is 14.5 Å². The highest BCUT2D eigenvalue weighted by atomic mass is 19.3. The van der Waals surface area contributed by atoms with Crippen molar-refractivity contribution in [2.45, 2.75) is 57.8 Å². The van der Waals surface area contributed by atoms with Gasteiger partial charge in [-0.15, -0.1) is 0 Å². The highest BCUT2D eigenvalue weighted by molar-refractivity contribution is 5.96. The summed E-state index contributed by atoms with van der Waals surface area (Å²) in [5, 5.41) is 11.7. The van der Waals surface area contributed by atoms with Crippen LogP contribution in [0.25, 0.3) is 11.1 Å². The third-order valence-corrected chi connectivity index (χ3v) is 7.86. The minimum Gasteiger partial charge on any atom is -0.434 e. The Kier molecular flexibility index (Phi) is 7.38. The Morgan fingerprint density at radius 3 is 2.50 bits per heavy atom. The Balaban J connectivity index is 1.38. The molecule has 2 aliphatic rings. The smallest absolute Gasteiger partial charge is 0.387 e. The zero-order valence-electron chi connectivity index (χ0n) is 22.9. The Labute approximate surface area is 240 Å². The average molecular weight is 579 g/mol. The number of hydrogen-bond donors (Lipinski definition) is 2. The normalized spacial score (nSPS) is 15.6. The number of hydrogen-bond acceptors (Lipinski definition) is 3. The number of nitrogens with one attached hydrogen (secondary N) is 2. The topological polar surface area (TPSA) is 72.0 Å². The number of aryl methyl sites for hydroxylation is 1. The minimum absolute atomic E-state index is 0.201. The molecule has 3 aromatic carbocycles. The zero-order valence-corrected chi connectivity index (χ0v) is 22.9. The fourth-order valence-corrected chi connectivity index (χ4v) is 5.40. The first-order chi connectivity index (χ1) is 20.2. The van der Waals surface area contributed by atoms with Crippen molar-refractivity contribution in [3.05, 3.63) is 106 Å². The molecule has 2 fully saturated rings. The van der Waals surface area contributed by atoms with Gasteiger partial charge in [0, 0.05) is 35.6 Å². The molecule has 4 aromatic rings. The van der Waals surface area contributed by atoms with Crippen LogP contribution in [0, 0.1) is 29.9 Å². The van der Waals surface area contributed by atoms with Crippen molar-refractivity contribution in [1.29, 1.82) is 5.41 Å². The second-order valence-corrected chi connectivity index (χ2v) is 11.1. The van der Waals surface area contributed by atoms with Gasteiger partial charge < -0.3 is 19.2 Å². The van der Waals surface area contributed by atoms with Gasteiger partial charge in [-0.05, 0) is 97.2 Å². The second-order valence-electron chi connectivity index (χ2n) is 11.1. The zero-order chi connectivity index (χ0) is 29.5. The predicted octanol–water partition coefficient (Wildman–Crippen LogP) is 6.89. The SMILES string of the molecule is Cc1cc(C(NC(=O)c2cc(Cn3ccn(C4CC4)c3=N)cc(-c3ccc(F)cc3OC(F)F)c2)C2CC2)ccc1F. The van der Waals surface area contributed by atoms with Crippen molar-refractivity contribution >= 4 is 5.91 Å². The Bertz CT molecular complexity index is 1710. The molecule has 2 aliphatic carbocycles. The Morgan fingerprint density at radius 2 is 1.81 bits per heavy atom. The number of benzene rings is 3. The summed E-state index contributed by atoms with van der Waals surface area (Å²) in [5.74, 6) is -1.57. The van der Waals surface area contributed by atoms with Crippen molar-refractivity contribution < 1.29 is 27.1 Å². The third kappa shape index (κ3) is 5.98. The fourth-order valence-electron chi connectivity index (χ4n) is 5.40. The van der Waals surface area contributed by atoms with E-state index < -0.39 is 12.4 Å².